The molecule has 2 aliphatic rings. The smallest absolute Gasteiger partial charge is 0.490 e. The van der Waals surface area contributed by atoms with Gasteiger partial charge in [0.25, 0.3) is 0 Å². The SMILES string of the molecule is CN(C)[C@@H]1CCO[C@]2(CCN(CCOc3ccc(Cl)cc3)C2)C1.O=C(O)C(F)(F)F.O=C(O)C(F)(F)F. The van der Waals surface area contributed by atoms with Gasteiger partial charge in [0.15, 0.2) is 0 Å². The minimum Gasteiger partial charge on any atom is -0.492 e. The first kappa shape index (κ1) is 32.7. The van der Waals surface area contributed by atoms with Gasteiger partial charge in [-0.15, -0.1) is 0 Å². The van der Waals surface area contributed by atoms with Gasteiger partial charge in [-0.3, -0.25) is 4.90 Å². The third-order valence-electron chi connectivity index (χ3n) is 5.57. The van der Waals surface area contributed by atoms with Crippen LogP contribution in [0.25, 0.3) is 0 Å². The Hall–Kier alpha value is -2.29. The van der Waals surface area contributed by atoms with Gasteiger partial charge in [0.1, 0.15) is 12.4 Å². The molecule has 2 N–H and O–H groups in total. The highest BCUT2D eigenvalue weighted by atomic mass is 35.5. The summed E-state index contributed by atoms with van der Waals surface area (Å²) in [6.07, 6.45) is -6.73. The second kappa shape index (κ2) is 14.0. The number of ether oxygens (including phenoxy) is 2. The number of carbonyl (C=O) groups is 2. The molecule has 15 heteroatoms. The molecule has 212 valence electrons. The zero-order valence-electron chi connectivity index (χ0n) is 20.1. The van der Waals surface area contributed by atoms with Crippen molar-refractivity contribution in [1.82, 2.24) is 9.80 Å². The molecule has 0 bridgehead atoms. The summed E-state index contributed by atoms with van der Waals surface area (Å²) in [5.74, 6) is -4.63. The van der Waals surface area contributed by atoms with Gasteiger partial charge in [-0.05, 0) is 57.6 Å². The van der Waals surface area contributed by atoms with E-state index in [0.29, 0.717) is 12.6 Å². The number of alkyl halides is 6. The van der Waals surface area contributed by atoms with Crippen LogP contribution in [0.3, 0.4) is 0 Å². The van der Waals surface area contributed by atoms with Crippen molar-refractivity contribution >= 4 is 23.5 Å². The lowest BCUT2D eigenvalue weighted by Crippen LogP contribution is -2.48. The van der Waals surface area contributed by atoms with Gasteiger partial charge in [-0.2, -0.15) is 26.3 Å². The van der Waals surface area contributed by atoms with Crippen molar-refractivity contribution in [2.24, 2.45) is 0 Å². The molecular formula is C22H29ClF6N2O6. The van der Waals surface area contributed by atoms with Gasteiger partial charge in [-0.1, -0.05) is 11.6 Å². The average molecular weight is 567 g/mol. The minimum absolute atomic E-state index is 0.0630. The van der Waals surface area contributed by atoms with E-state index in [1.54, 1.807) is 0 Å². The highest BCUT2D eigenvalue weighted by molar-refractivity contribution is 6.30. The standard InChI is InChI=1S/C18H27ClN2O2.2C2HF3O2/c1-20(2)16-7-11-23-18(13-16)8-9-21(14-18)10-12-22-17-5-3-15(19)4-6-17;2*3-2(4,5)1(6)7/h3-6,16H,7-14H2,1-2H3;2*(H,6,7)/t16-,18-;;/m1../s1. The maximum Gasteiger partial charge on any atom is 0.490 e. The molecule has 3 rings (SSSR count). The molecule has 2 aliphatic heterocycles. The van der Waals surface area contributed by atoms with Crippen molar-refractivity contribution in [1.29, 1.82) is 0 Å². The summed E-state index contributed by atoms with van der Waals surface area (Å²) >= 11 is 5.88. The molecule has 0 aromatic heterocycles. The molecule has 2 fully saturated rings. The number of nitrogens with zero attached hydrogens (tertiary/aromatic N) is 2. The molecule has 0 unspecified atom stereocenters. The highest BCUT2D eigenvalue weighted by Crippen LogP contribution is 2.35. The van der Waals surface area contributed by atoms with Gasteiger partial charge in [-0.25, -0.2) is 9.59 Å². The molecule has 0 aliphatic carbocycles. The van der Waals surface area contributed by atoms with Gasteiger partial charge < -0.3 is 24.6 Å². The van der Waals surface area contributed by atoms with Crippen LogP contribution in [0.2, 0.25) is 5.02 Å². The normalized spacial score (nSPS) is 22.1. The third kappa shape index (κ3) is 12.2. The summed E-state index contributed by atoms with van der Waals surface area (Å²) in [6.45, 7) is 4.67. The number of rotatable bonds is 5. The monoisotopic (exact) mass is 566 g/mol. The zero-order valence-corrected chi connectivity index (χ0v) is 20.9. The van der Waals surface area contributed by atoms with Crippen molar-refractivity contribution in [3.05, 3.63) is 29.3 Å². The number of likely N-dealkylation sites (tertiary alicyclic amines) is 1. The number of hydrogen-bond donors (Lipinski definition) is 2. The quantitative estimate of drug-likeness (QED) is 0.513. The Balaban J connectivity index is 0.000000404. The molecule has 2 saturated heterocycles. The van der Waals surface area contributed by atoms with Crippen LogP contribution in [0.5, 0.6) is 5.75 Å². The lowest BCUT2D eigenvalue weighted by Gasteiger charge is -2.40. The van der Waals surface area contributed by atoms with E-state index in [4.69, 9.17) is 40.9 Å². The Morgan fingerprint density at radius 2 is 1.62 bits per heavy atom. The zero-order chi connectivity index (χ0) is 28.4. The van der Waals surface area contributed by atoms with Crippen LogP contribution in [0.4, 0.5) is 26.3 Å². The molecule has 8 nitrogen and oxygen atoms in total. The van der Waals surface area contributed by atoms with Crippen LogP contribution in [-0.4, -0.2) is 103 Å². The van der Waals surface area contributed by atoms with E-state index in [0.717, 1.165) is 56.3 Å². The Kier molecular flexibility index (Phi) is 12.4. The fraction of sp³-hybridized carbons (Fsp3) is 0.636. The van der Waals surface area contributed by atoms with E-state index < -0.39 is 24.3 Å². The first-order valence-electron chi connectivity index (χ1n) is 11.0. The second-order valence-electron chi connectivity index (χ2n) is 8.58. The third-order valence-corrected chi connectivity index (χ3v) is 5.82. The Morgan fingerprint density at radius 1 is 1.11 bits per heavy atom. The molecule has 2 atom stereocenters. The average Bonchev–Trinajstić information content (AvgIpc) is 3.16. The van der Waals surface area contributed by atoms with Crippen LogP contribution in [-0.2, 0) is 14.3 Å². The molecule has 0 saturated carbocycles. The number of hydrogen-bond acceptors (Lipinski definition) is 6. The predicted octanol–water partition coefficient (Wildman–Crippen LogP) is 4.17. The number of aliphatic carboxylic acids is 2. The fourth-order valence-corrected chi connectivity index (χ4v) is 3.79. The van der Waals surface area contributed by atoms with E-state index in [1.165, 1.54) is 0 Å². The molecule has 37 heavy (non-hydrogen) atoms. The van der Waals surface area contributed by atoms with E-state index in [1.807, 2.05) is 24.3 Å². The van der Waals surface area contributed by atoms with E-state index in [-0.39, 0.29) is 5.60 Å². The van der Waals surface area contributed by atoms with E-state index in [2.05, 4.69) is 23.9 Å². The maximum absolute atomic E-state index is 10.6. The summed E-state index contributed by atoms with van der Waals surface area (Å²) in [4.78, 5) is 22.6. The van der Waals surface area contributed by atoms with Gasteiger partial charge in [0.2, 0.25) is 0 Å². The Morgan fingerprint density at radius 3 is 2.08 bits per heavy atom. The van der Waals surface area contributed by atoms with Crippen molar-refractivity contribution in [3.8, 4) is 5.75 Å². The van der Waals surface area contributed by atoms with Gasteiger partial charge >= 0.3 is 24.3 Å². The summed E-state index contributed by atoms with van der Waals surface area (Å²) in [5.41, 5.74) is 0.0630. The maximum atomic E-state index is 10.6. The van der Waals surface area contributed by atoms with Crippen LogP contribution in [0.1, 0.15) is 19.3 Å². The summed E-state index contributed by atoms with van der Waals surface area (Å²) in [6, 6.07) is 8.20. The van der Waals surface area contributed by atoms with Crippen molar-refractivity contribution < 1.29 is 55.6 Å². The van der Waals surface area contributed by atoms with Gasteiger partial charge in [0.05, 0.1) is 5.60 Å². The van der Waals surface area contributed by atoms with Crippen molar-refractivity contribution in [3.63, 3.8) is 0 Å². The molecule has 2 heterocycles. The number of carboxylic acid groups (broad SMARTS) is 2. The topological polar surface area (TPSA) is 99.5 Å². The molecule has 1 aromatic carbocycles. The lowest BCUT2D eigenvalue weighted by molar-refractivity contribution is -0.193. The number of halogens is 7. The van der Waals surface area contributed by atoms with Crippen LogP contribution in [0.15, 0.2) is 24.3 Å². The molecular weight excluding hydrogens is 538 g/mol. The lowest BCUT2D eigenvalue weighted by atomic mass is 9.89. The molecule has 1 aromatic rings. The summed E-state index contributed by atoms with van der Waals surface area (Å²) < 4.78 is 75.5. The fourth-order valence-electron chi connectivity index (χ4n) is 3.67. The Bertz CT molecular complexity index is 845. The van der Waals surface area contributed by atoms with Gasteiger partial charge in [0, 0.05) is 37.3 Å². The summed E-state index contributed by atoms with van der Waals surface area (Å²) in [7, 11) is 4.35. The Labute approximate surface area is 214 Å². The predicted molar refractivity (Wildman–Crippen MR) is 121 cm³/mol. The first-order valence-corrected chi connectivity index (χ1v) is 11.3. The molecule has 1 spiro atoms. The summed E-state index contributed by atoms with van der Waals surface area (Å²) in [5, 5.41) is 15.0. The van der Waals surface area contributed by atoms with Crippen LogP contribution < -0.4 is 4.74 Å². The molecule has 0 amide bonds. The second-order valence-corrected chi connectivity index (χ2v) is 9.01. The van der Waals surface area contributed by atoms with Crippen LogP contribution in [0, 0.1) is 0 Å². The minimum atomic E-state index is -5.08. The van der Waals surface area contributed by atoms with E-state index >= 15 is 0 Å². The number of benzene rings is 1. The number of carboxylic acids is 2. The van der Waals surface area contributed by atoms with Crippen molar-refractivity contribution in [2.45, 2.75) is 43.3 Å². The highest BCUT2D eigenvalue weighted by Gasteiger charge is 2.43. The first-order chi connectivity index (χ1) is 16.9. The molecule has 0 radical (unpaired) electrons. The van der Waals surface area contributed by atoms with Crippen molar-refractivity contribution in [2.75, 3.05) is 46.9 Å². The van der Waals surface area contributed by atoms with Crippen LogP contribution >= 0.6 is 11.6 Å². The largest absolute Gasteiger partial charge is 0.492 e. The van der Waals surface area contributed by atoms with E-state index in [9.17, 15) is 26.3 Å².